The Bertz CT molecular complexity index is 169. The minimum atomic E-state index is -3.32. The first-order chi connectivity index (χ1) is 5.10. The summed E-state index contributed by atoms with van der Waals surface area (Å²) in [7, 11) is -0.854. The number of rotatable bonds is 4. The molecule has 0 aromatic rings. The van der Waals surface area contributed by atoms with Crippen molar-refractivity contribution in [3.8, 4) is 0 Å². The van der Waals surface area contributed by atoms with Crippen molar-refractivity contribution in [2.45, 2.75) is 12.8 Å². The van der Waals surface area contributed by atoms with Crippen molar-refractivity contribution in [2.75, 3.05) is 14.2 Å². The molecule has 0 aliphatic rings. The van der Waals surface area contributed by atoms with Crippen LogP contribution in [0.1, 0.15) is 6.92 Å². The highest BCUT2D eigenvalue weighted by Crippen LogP contribution is 2.50. The minimum absolute atomic E-state index is 1.18. The average molecular weight is 180 g/mol. The molecule has 5 heteroatoms. The molecule has 0 fully saturated rings. The number of allylic oxidation sites excluding steroid dienone is 1. The van der Waals surface area contributed by atoms with E-state index in [2.05, 4.69) is 9.05 Å². The zero-order chi connectivity index (χ0) is 8.91. The lowest BCUT2D eigenvalue weighted by Crippen LogP contribution is -2.06. The van der Waals surface area contributed by atoms with Gasteiger partial charge in [0.1, 0.15) is 0 Å². The predicted octanol–water partition coefficient (Wildman–Crippen LogP) is 1.37. The van der Waals surface area contributed by atoms with Crippen LogP contribution < -0.4 is 0 Å². The molecular formula is C6H13O4P. The predicted molar refractivity (Wildman–Crippen MR) is 42.4 cm³/mol. The van der Waals surface area contributed by atoms with E-state index in [9.17, 15) is 4.57 Å². The molecule has 0 radical (unpaired) electrons. The van der Waals surface area contributed by atoms with Crippen LogP contribution in [0.15, 0.2) is 12.2 Å². The highest BCUT2D eigenvalue weighted by Gasteiger charge is 2.29. The van der Waals surface area contributed by atoms with E-state index in [0.717, 1.165) is 0 Å². The summed E-state index contributed by atoms with van der Waals surface area (Å²) in [5, 5.41) is 9.17. The first-order valence-electron chi connectivity index (χ1n) is 3.12. The van der Waals surface area contributed by atoms with Crippen molar-refractivity contribution in [3.05, 3.63) is 12.2 Å². The van der Waals surface area contributed by atoms with Gasteiger partial charge in [-0.3, -0.25) is 4.57 Å². The van der Waals surface area contributed by atoms with Crippen molar-refractivity contribution < 1.29 is 18.7 Å². The smallest absolute Gasteiger partial charge is 0.362 e. The largest absolute Gasteiger partial charge is 0.377 e. The summed E-state index contributed by atoms with van der Waals surface area (Å²) in [6.07, 6.45) is 2.93. The van der Waals surface area contributed by atoms with Crippen molar-refractivity contribution in [1.82, 2.24) is 0 Å². The summed E-state index contributed by atoms with van der Waals surface area (Å²) in [5.41, 5.74) is 0. The monoisotopic (exact) mass is 180 g/mol. The Balaban J connectivity index is 4.37. The topological polar surface area (TPSA) is 55.8 Å². The summed E-state index contributed by atoms with van der Waals surface area (Å²) in [4.78, 5) is 0. The molecule has 0 heterocycles. The molecular weight excluding hydrogens is 167 g/mol. The second kappa shape index (κ2) is 4.67. The van der Waals surface area contributed by atoms with Crippen molar-refractivity contribution in [2.24, 2.45) is 0 Å². The van der Waals surface area contributed by atoms with Crippen LogP contribution in [-0.2, 0) is 13.6 Å². The lowest BCUT2D eigenvalue weighted by molar-refractivity contribution is 0.200. The fourth-order valence-corrected chi connectivity index (χ4v) is 1.53. The van der Waals surface area contributed by atoms with Gasteiger partial charge in [0.25, 0.3) is 0 Å². The third-order valence-corrected chi connectivity index (χ3v) is 3.04. The van der Waals surface area contributed by atoms with E-state index in [1.807, 2.05) is 0 Å². The molecule has 0 aliphatic carbocycles. The second-order valence-electron chi connectivity index (χ2n) is 1.84. The van der Waals surface area contributed by atoms with Crippen molar-refractivity contribution in [3.63, 3.8) is 0 Å². The van der Waals surface area contributed by atoms with Crippen LogP contribution >= 0.6 is 7.60 Å². The Kier molecular flexibility index (Phi) is 4.61. The van der Waals surface area contributed by atoms with Gasteiger partial charge in [-0.1, -0.05) is 6.08 Å². The molecule has 0 saturated carbocycles. The van der Waals surface area contributed by atoms with Crippen LogP contribution in [0, 0.1) is 0 Å². The zero-order valence-corrected chi connectivity index (χ0v) is 7.75. The highest BCUT2D eigenvalue weighted by molar-refractivity contribution is 7.54. The molecule has 0 bridgehead atoms. The molecule has 0 spiro atoms. The van der Waals surface area contributed by atoms with Crippen molar-refractivity contribution >= 4 is 7.60 Å². The third kappa shape index (κ3) is 2.75. The molecule has 0 amide bonds. The first-order valence-corrected chi connectivity index (χ1v) is 4.74. The van der Waals surface area contributed by atoms with Gasteiger partial charge in [-0.05, 0) is 13.0 Å². The van der Waals surface area contributed by atoms with E-state index in [1.54, 1.807) is 13.0 Å². The van der Waals surface area contributed by atoms with E-state index in [4.69, 9.17) is 5.11 Å². The summed E-state index contributed by atoms with van der Waals surface area (Å²) in [6.45, 7) is 1.71. The van der Waals surface area contributed by atoms with Crippen LogP contribution in [0.3, 0.4) is 0 Å². The number of hydrogen-bond donors (Lipinski definition) is 1. The average Bonchev–Trinajstić information content (AvgIpc) is 2.03. The Hall–Kier alpha value is -0.150. The van der Waals surface area contributed by atoms with E-state index in [-0.39, 0.29) is 0 Å². The summed E-state index contributed by atoms with van der Waals surface area (Å²) in [5.74, 6) is -1.18. The third-order valence-electron chi connectivity index (χ3n) is 1.20. The molecule has 66 valence electrons. The number of aliphatic hydroxyl groups is 1. The van der Waals surface area contributed by atoms with Gasteiger partial charge in [0, 0.05) is 14.2 Å². The summed E-state index contributed by atoms with van der Waals surface area (Å²) >= 11 is 0. The molecule has 0 aromatic heterocycles. The van der Waals surface area contributed by atoms with E-state index >= 15 is 0 Å². The van der Waals surface area contributed by atoms with Gasteiger partial charge in [-0.15, -0.1) is 0 Å². The normalized spacial score (nSPS) is 15.6. The van der Waals surface area contributed by atoms with Crippen LogP contribution in [0.5, 0.6) is 0 Å². The van der Waals surface area contributed by atoms with Gasteiger partial charge in [0.15, 0.2) is 5.85 Å². The van der Waals surface area contributed by atoms with Gasteiger partial charge < -0.3 is 14.2 Å². The van der Waals surface area contributed by atoms with Gasteiger partial charge in [0.05, 0.1) is 0 Å². The van der Waals surface area contributed by atoms with E-state index in [0.29, 0.717) is 0 Å². The number of aliphatic hydroxyl groups excluding tert-OH is 1. The Labute approximate surface area is 66.4 Å². The minimum Gasteiger partial charge on any atom is -0.377 e. The maximum absolute atomic E-state index is 11.3. The Morgan fingerprint density at radius 1 is 1.45 bits per heavy atom. The molecule has 1 atom stereocenters. The second-order valence-corrected chi connectivity index (χ2v) is 4.18. The van der Waals surface area contributed by atoms with Crippen molar-refractivity contribution in [1.29, 1.82) is 0 Å². The highest BCUT2D eigenvalue weighted by atomic mass is 31.2. The number of hydrogen-bond acceptors (Lipinski definition) is 4. The Morgan fingerprint density at radius 2 is 1.91 bits per heavy atom. The van der Waals surface area contributed by atoms with Gasteiger partial charge in [-0.25, -0.2) is 0 Å². The molecule has 0 aromatic carbocycles. The maximum atomic E-state index is 11.3. The lowest BCUT2D eigenvalue weighted by atomic mass is 10.6. The van der Waals surface area contributed by atoms with E-state index < -0.39 is 13.4 Å². The van der Waals surface area contributed by atoms with E-state index in [1.165, 1.54) is 20.3 Å². The maximum Gasteiger partial charge on any atom is 0.362 e. The lowest BCUT2D eigenvalue weighted by Gasteiger charge is -2.16. The molecule has 1 unspecified atom stereocenters. The molecule has 4 nitrogen and oxygen atoms in total. The standard InChI is InChI=1S/C6H13O4P/c1-4-5-6(7)11(8,9-2)10-3/h4-7H,1-3H3/b5-4+. The molecule has 0 aliphatic heterocycles. The first kappa shape index (κ1) is 10.8. The van der Waals surface area contributed by atoms with Crippen LogP contribution in [0.25, 0.3) is 0 Å². The van der Waals surface area contributed by atoms with Crippen LogP contribution in [0.4, 0.5) is 0 Å². The zero-order valence-electron chi connectivity index (χ0n) is 6.85. The van der Waals surface area contributed by atoms with Gasteiger partial charge in [-0.2, -0.15) is 0 Å². The fraction of sp³-hybridized carbons (Fsp3) is 0.667. The molecule has 0 saturated heterocycles. The fourth-order valence-electron chi connectivity index (χ4n) is 0.568. The molecule has 0 rings (SSSR count). The summed E-state index contributed by atoms with van der Waals surface area (Å²) in [6, 6.07) is 0. The molecule has 11 heavy (non-hydrogen) atoms. The molecule has 1 N–H and O–H groups in total. The quantitative estimate of drug-likeness (QED) is 0.524. The van der Waals surface area contributed by atoms with Crippen LogP contribution in [-0.4, -0.2) is 25.2 Å². The Morgan fingerprint density at radius 3 is 2.18 bits per heavy atom. The van der Waals surface area contributed by atoms with Gasteiger partial charge in [0.2, 0.25) is 0 Å². The SMILES string of the molecule is C/C=C/C(O)P(=O)(OC)OC. The van der Waals surface area contributed by atoms with Gasteiger partial charge >= 0.3 is 7.60 Å². The van der Waals surface area contributed by atoms with Crippen LogP contribution in [0.2, 0.25) is 0 Å². The summed E-state index contributed by atoms with van der Waals surface area (Å²) < 4.78 is 20.4.